The van der Waals surface area contributed by atoms with Gasteiger partial charge in [0.1, 0.15) is 0 Å². The molecule has 4 heteroatoms. The normalized spacial score (nSPS) is 12.2. The van der Waals surface area contributed by atoms with Crippen LogP contribution in [0.15, 0.2) is 12.2 Å². The largest absolute Gasteiger partial charge is 0.215 e. The fraction of sp³-hybridized carbons (Fsp3) is 0.909. The van der Waals surface area contributed by atoms with E-state index in [-0.39, 0.29) is 5.75 Å². The number of allylic oxidation sites excluding steroid dienone is 2. The second kappa shape index (κ2) is 19.4. The van der Waals surface area contributed by atoms with E-state index in [1.807, 2.05) is 6.92 Å². The lowest BCUT2D eigenvalue weighted by Crippen LogP contribution is -2.27. The van der Waals surface area contributed by atoms with Gasteiger partial charge in [-0.15, -0.1) is 0 Å². The minimum Gasteiger partial charge on any atom is -0.215 e. The quantitative estimate of drug-likeness (QED) is 0.186. The Bertz CT molecular complexity index is 404. The van der Waals surface area contributed by atoms with E-state index in [9.17, 15) is 8.42 Å². The van der Waals surface area contributed by atoms with Gasteiger partial charge in [-0.05, 0) is 38.5 Å². The van der Waals surface area contributed by atoms with Crippen molar-refractivity contribution in [3.8, 4) is 0 Å². The third-order valence-corrected chi connectivity index (χ3v) is 6.25. The molecular formula is C22H45NO2S. The first kappa shape index (κ1) is 25.6. The van der Waals surface area contributed by atoms with Gasteiger partial charge in [-0.2, -0.15) is 0 Å². The van der Waals surface area contributed by atoms with Crippen molar-refractivity contribution in [2.24, 2.45) is 0 Å². The predicted octanol–water partition coefficient (Wildman–Crippen LogP) is 6.74. The fourth-order valence-electron chi connectivity index (χ4n) is 3.01. The van der Waals surface area contributed by atoms with Crippen LogP contribution in [0, 0.1) is 0 Å². The smallest absolute Gasteiger partial charge is 0.211 e. The van der Waals surface area contributed by atoms with E-state index in [0.717, 1.165) is 25.7 Å². The first-order valence-corrected chi connectivity index (χ1v) is 12.9. The van der Waals surface area contributed by atoms with Crippen LogP contribution in [0.1, 0.15) is 117 Å². The van der Waals surface area contributed by atoms with Crippen molar-refractivity contribution in [1.82, 2.24) is 4.72 Å². The minimum atomic E-state index is -3.02. The van der Waals surface area contributed by atoms with Gasteiger partial charge in [-0.25, -0.2) is 13.1 Å². The van der Waals surface area contributed by atoms with Crippen LogP contribution in [0.3, 0.4) is 0 Å². The molecule has 0 atom stereocenters. The summed E-state index contributed by atoms with van der Waals surface area (Å²) < 4.78 is 26.0. The summed E-state index contributed by atoms with van der Waals surface area (Å²) in [4.78, 5) is 0. The molecule has 156 valence electrons. The van der Waals surface area contributed by atoms with Crippen LogP contribution in [-0.2, 0) is 10.0 Å². The lowest BCUT2D eigenvalue weighted by Gasteiger charge is -2.06. The molecule has 26 heavy (non-hydrogen) atoms. The van der Waals surface area contributed by atoms with Gasteiger partial charge < -0.3 is 0 Å². The van der Waals surface area contributed by atoms with E-state index in [1.165, 1.54) is 77.0 Å². The lowest BCUT2D eigenvalue weighted by atomic mass is 10.1. The van der Waals surface area contributed by atoms with Gasteiger partial charge in [0.25, 0.3) is 0 Å². The third-order valence-electron chi connectivity index (χ3n) is 4.78. The maximum atomic E-state index is 11.6. The molecule has 0 aliphatic heterocycles. The van der Waals surface area contributed by atoms with E-state index in [1.54, 1.807) is 0 Å². The van der Waals surface area contributed by atoms with Gasteiger partial charge in [-0.1, -0.05) is 90.2 Å². The summed E-state index contributed by atoms with van der Waals surface area (Å²) in [7, 11) is -3.02. The van der Waals surface area contributed by atoms with Crippen molar-refractivity contribution in [3.63, 3.8) is 0 Å². The number of hydrogen-bond donors (Lipinski definition) is 1. The van der Waals surface area contributed by atoms with Gasteiger partial charge in [0.15, 0.2) is 0 Å². The van der Waals surface area contributed by atoms with E-state index in [4.69, 9.17) is 0 Å². The molecule has 0 radical (unpaired) electrons. The Balaban J connectivity index is 3.25. The van der Waals surface area contributed by atoms with Gasteiger partial charge in [0.2, 0.25) is 10.0 Å². The molecule has 0 aromatic carbocycles. The van der Waals surface area contributed by atoms with Crippen LogP contribution in [0.5, 0.6) is 0 Å². The molecule has 0 spiro atoms. The van der Waals surface area contributed by atoms with Crippen LogP contribution in [-0.4, -0.2) is 20.7 Å². The standard InChI is InChI=1S/C22H45NO2S/c1-3-5-7-8-9-10-11-12-13-14-15-16-17-18-19-20-21-23-26(24,25)22-6-4-2/h12-13,23H,3-11,14-22H2,1-2H3/b13-12-. The molecule has 0 aliphatic carbocycles. The Labute approximate surface area is 164 Å². The van der Waals surface area contributed by atoms with E-state index >= 15 is 0 Å². The summed E-state index contributed by atoms with van der Waals surface area (Å²) >= 11 is 0. The molecule has 0 unspecified atom stereocenters. The SMILES string of the molecule is CCCCCCCC/C=C\CCCCCCCCNS(=O)(=O)CCCC. The Morgan fingerprint density at radius 1 is 0.615 bits per heavy atom. The second-order valence-corrected chi connectivity index (χ2v) is 9.43. The number of rotatable bonds is 20. The zero-order valence-electron chi connectivity index (χ0n) is 17.6. The zero-order chi connectivity index (χ0) is 19.3. The van der Waals surface area contributed by atoms with Crippen LogP contribution in [0.4, 0.5) is 0 Å². The van der Waals surface area contributed by atoms with Crippen molar-refractivity contribution in [3.05, 3.63) is 12.2 Å². The Morgan fingerprint density at radius 2 is 1.08 bits per heavy atom. The van der Waals surface area contributed by atoms with E-state index < -0.39 is 10.0 Å². The Morgan fingerprint density at radius 3 is 1.62 bits per heavy atom. The third kappa shape index (κ3) is 20.0. The summed E-state index contributed by atoms with van der Waals surface area (Å²) in [5, 5.41) is 0. The topological polar surface area (TPSA) is 46.2 Å². The molecule has 3 nitrogen and oxygen atoms in total. The average molecular weight is 388 g/mol. The van der Waals surface area contributed by atoms with E-state index in [2.05, 4.69) is 23.8 Å². The highest BCUT2D eigenvalue weighted by Crippen LogP contribution is 2.09. The van der Waals surface area contributed by atoms with Crippen LogP contribution in [0.25, 0.3) is 0 Å². The highest BCUT2D eigenvalue weighted by molar-refractivity contribution is 7.89. The number of nitrogens with one attached hydrogen (secondary N) is 1. The Kier molecular flexibility index (Phi) is 19.2. The highest BCUT2D eigenvalue weighted by Gasteiger charge is 2.07. The Hall–Kier alpha value is -0.350. The highest BCUT2D eigenvalue weighted by atomic mass is 32.2. The monoisotopic (exact) mass is 387 g/mol. The lowest BCUT2D eigenvalue weighted by molar-refractivity contribution is 0.563. The molecule has 0 saturated carbocycles. The average Bonchev–Trinajstić information content (AvgIpc) is 2.62. The molecule has 0 aromatic rings. The molecular weight excluding hydrogens is 342 g/mol. The molecule has 0 amide bonds. The summed E-state index contributed by atoms with van der Waals surface area (Å²) in [5.74, 6) is 0.274. The number of sulfonamides is 1. The summed E-state index contributed by atoms with van der Waals surface area (Å²) in [5.41, 5.74) is 0. The summed E-state index contributed by atoms with van der Waals surface area (Å²) in [6.45, 7) is 4.89. The zero-order valence-corrected chi connectivity index (χ0v) is 18.4. The molecule has 0 saturated heterocycles. The van der Waals surface area contributed by atoms with Crippen LogP contribution < -0.4 is 4.72 Å². The van der Waals surface area contributed by atoms with Crippen molar-refractivity contribution in [2.45, 2.75) is 117 Å². The first-order chi connectivity index (χ1) is 12.6. The van der Waals surface area contributed by atoms with E-state index in [0.29, 0.717) is 6.54 Å². The molecule has 0 rings (SSSR count). The molecule has 0 aliphatic rings. The molecule has 0 fully saturated rings. The number of unbranched alkanes of at least 4 members (excludes halogenated alkanes) is 13. The number of hydrogen-bond acceptors (Lipinski definition) is 2. The second-order valence-electron chi connectivity index (χ2n) is 7.50. The molecule has 0 heterocycles. The fourth-order valence-corrected chi connectivity index (χ4v) is 4.28. The molecule has 1 N–H and O–H groups in total. The van der Waals surface area contributed by atoms with Crippen molar-refractivity contribution in [2.75, 3.05) is 12.3 Å². The summed E-state index contributed by atoms with van der Waals surface area (Å²) in [6, 6.07) is 0. The van der Waals surface area contributed by atoms with Gasteiger partial charge in [0, 0.05) is 6.54 Å². The van der Waals surface area contributed by atoms with Crippen molar-refractivity contribution < 1.29 is 8.42 Å². The molecule has 0 aromatic heterocycles. The van der Waals surface area contributed by atoms with Gasteiger partial charge >= 0.3 is 0 Å². The van der Waals surface area contributed by atoms with Crippen LogP contribution >= 0.6 is 0 Å². The molecule has 0 bridgehead atoms. The predicted molar refractivity (Wildman–Crippen MR) is 116 cm³/mol. The van der Waals surface area contributed by atoms with Gasteiger partial charge in [-0.3, -0.25) is 0 Å². The maximum absolute atomic E-state index is 11.6. The summed E-state index contributed by atoms with van der Waals surface area (Å²) in [6.07, 6.45) is 24.3. The maximum Gasteiger partial charge on any atom is 0.211 e. The van der Waals surface area contributed by atoms with Crippen molar-refractivity contribution in [1.29, 1.82) is 0 Å². The van der Waals surface area contributed by atoms with Gasteiger partial charge in [0.05, 0.1) is 5.75 Å². The van der Waals surface area contributed by atoms with Crippen molar-refractivity contribution >= 4 is 10.0 Å². The van der Waals surface area contributed by atoms with Crippen LogP contribution in [0.2, 0.25) is 0 Å². The minimum absolute atomic E-state index is 0.274. The first-order valence-electron chi connectivity index (χ1n) is 11.2.